The molecule has 3 aromatic rings. The molecule has 30 heavy (non-hydrogen) atoms. The molecule has 4 rings (SSSR count). The molecule has 1 N–H and O–H groups in total. The van der Waals surface area contributed by atoms with Crippen molar-refractivity contribution in [3.8, 4) is 5.88 Å². The zero-order valence-corrected chi connectivity index (χ0v) is 18.0. The van der Waals surface area contributed by atoms with Gasteiger partial charge < -0.3 is 19.3 Å². The van der Waals surface area contributed by atoms with Crippen LogP contribution in [-0.4, -0.2) is 53.4 Å². The zero-order valence-electron chi connectivity index (χ0n) is 17.2. The number of aromatic nitrogens is 2. The highest BCUT2D eigenvalue weighted by atomic mass is 32.2. The van der Waals surface area contributed by atoms with Gasteiger partial charge in [-0.2, -0.15) is 0 Å². The second kappa shape index (κ2) is 9.21. The molecule has 1 aromatic heterocycles. The fraction of sp³-hybridized carbons (Fsp3) is 0.318. The van der Waals surface area contributed by atoms with Crippen molar-refractivity contribution in [3.63, 3.8) is 0 Å². The summed E-state index contributed by atoms with van der Waals surface area (Å²) in [4.78, 5) is 25.9. The number of carbonyl (C=O) groups excluding carboxylic acids is 1. The minimum absolute atomic E-state index is 0.0320. The maximum atomic E-state index is 12.7. The number of amides is 1. The van der Waals surface area contributed by atoms with Crippen LogP contribution in [0.4, 0.5) is 16.3 Å². The zero-order chi connectivity index (χ0) is 20.9. The van der Waals surface area contributed by atoms with Crippen molar-refractivity contribution < 1.29 is 9.53 Å². The number of anilines is 2. The summed E-state index contributed by atoms with van der Waals surface area (Å²) in [6.07, 6.45) is 1.00. The molecule has 0 spiro atoms. The van der Waals surface area contributed by atoms with Crippen molar-refractivity contribution in [2.45, 2.75) is 13.3 Å². The first-order chi connectivity index (χ1) is 14.7. The van der Waals surface area contributed by atoms with Gasteiger partial charge >= 0.3 is 5.24 Å². The Morgan fingerprint density at radius 1 is 1.03 bits per heavy atom. The van der Waals surface area contributed by atoms with Crippen LogP contribution in [0.5, 0.6) is 5.88 Å². The minimum atomic E-state index is -0.0320. The van der Waals surface area contributed by atoms with Crippen LogP contribution in [0.25, 0.3) is 11.0 Å². The fourth-order valence-corrected chi connectivity index (χ4v) is 4.23. The molecule has 1 saturated heterocycles. The standard InChI is InChI=1S/C22H25N5O2S/c1-3-16-8-4-7-11-19(16)26-12-14-27(15-13-26)22(28)30-25-20-21(29-2)24-18-10-6-5-9-17(18)23-20/h4-11H,3,12-15H2,1-2H3,(H,23,25). The summed E-state index contributed by atoms with van der Waals surface area (Å²) in [7, 11) is 1.55. The van der Waals surface area contributed by atoms with Gasteiger partial charge in [0.1, 0.15) is 0 Å². The molecule has 0 atom stereocenters. The molecule has 156 valence electrons. The highest BCUT2D eigenvalue weighted by Gasteiger charge is 2.23. The number of nitrogens with zero attached hydrogens (tertiary/aromatic N) is 4. The average Bonchev–Trinajstić information content (AvgIpc) is 2.81. The molecule has 1 amide bonds. The van der Waals surface area contributed by atoms with Crippen molar-refractivity contribution in [3.05, 3.63) is 54.1 Å². The number of ether oxygens (including phenoxy) is 1. The van der Waals surface area contributed by atoms with E-state index in [0.717, 1.165) is 42.5 Å². The van der Waals surface area contributed by atoms with Crippen LogP contribution in [0.15, 0.2) is 48.5 Å². The van der Waals surface area contributed by atoms with Gasteiger partial charge in [0, 0.05) is 43.8 Å². The van der Waals surface area contributed by atoms with E-state index in [1.165, 1.54) is 11.3 Å². The van der Waals surface area contributed by atoms with E-state index >= 15 is 0 Å². The maximum absolute atomic E-state index is 12.7. The summed E-state index contributed by atoms with van der Waals surface area (Å²) in [5, 5.41) is -0.0320. The molecule has 2 heterocycles. The van der Waals surface area contributed by atoms with Crippen LogP contribution in [-0.2, 0) is 6.42 Å². The second-order valence-electron chi connectivity index (χ2n) is 7.00. The van der Waals surface area contributed by atoms with Crippen LogP contribution in [0, 0.1) is 0 Å². The number of para-hydroxylation sites is 3. The third kappa shape index (κ3) is 4.28. The third-order valence-corrected chi connectivity index (χ3v) is 5.95. The van der Waals surface area contributed by atoms with Gasteiger partial charge in [-0.1, -0.05) is 37.3 Å². The van der Waals surface area contributed by atoms with E-state index < -0.39 is 0 Å². The number of carbonyl (C=O) groups is 1. The number of methoxy groups -OCH3 is 1. The van der Waals surface area contributed by atoms with Gasteiger partial charge in [-0.25, -0.2) is 9.97 Å². The Bertz CT molecular complexity index is 1040. The molecule has 8 heteroatoms. The average molecular weight is 424 g/mol. The van der Waals surface area contributed by atoms with Gasteiger partial charge in [0.05, 0.1) is 18.1 Å². The van der Waals surface area contributed by atoms with Gasteiger partial charge in [0.2, 0.25) is 5.82 Å². The summed E-state index contributed by atoms with van der Waals surface area (Å²) in [5.41, 5.74) is 4.11. The Labute approximate surface area is 180 Å². The predicted octanol–water partition coefficient (Wildman–Crippen LogP) is 4.20. The lowest BCUT2D eigenvalue weighted by molar-refractivity contribution is 0.219. The molecular formula is C22H25N5O2S. The number of piperazine rings is 1. The van der Waals surface area contributed by atoms with E-state index in [1.54, 1.807) is 7.11 Å². The molecule has 2 aromatic carbocycles. The molecule has 0 radical (unpaired) electrons. The largest absolute Gasteiger partial charge is 0.478 e. The molecule has 0 unspecified atom stereocenters. The molecule has 0 bridgehead atoms. The number of hydrogen-bond donors (Lipinski definition) is 1. The smallest absolute Gasteiger partial charge is 0.302 e. The lowest BCUT2D eigenvalue weighted by atomic mass is 10.1. The van der Waals surface area contributed by atoms with Crippen molar-refractivity contribution in [2.75, 3.05) is 42.9 Å². The molecule has 1 fully saturated rings. The molecule has 0 aliphatic carbocycles. The molecule has 7 nitrogen and oxygen atoms in total. The molecule has 0 saturated carbocycles. The van der Waals surface area contributed by atoms with Crippen LogP contribution in [0.1, 0.15) is 12.5 Å². The SMILES string of the molecule is CCc1ccccc1N1CCN(C(=O)SNc2nc3ccccc3nc2OC)CC1. The van der Waals surface area contributed by atoms with Crippen molar-refractivity contribution in [1.82, 2.24) is 14.9 Å². The summed E-state index contributed by atoms with van der Waals surface area (Å²) in [5.74, 6) is 0.819. The van der Waals surface area contributed by atoms with Gasteiger partial charge in [-0.15, -0.1) is 0 Å². The summed E-state index contributed by atoms with van der Waals surface area (Å²) in [6.45, 7) is 5.19. The first kappa shape index (κ1) is 20.3. The predicted molar refractivity (Wildman–Crippen MR) is 122 cm³/mol. The van der Waals surface area contributed by atoms with Crippen LogP contribution >= 0.6 is 11.9 Å². The Morgan fingerprint density at radius 2 is 1.70 bits per heavy atom. The first-order valence-electron chi connectivity index (χ1n) is 10.0. The van der Waals surface area contributed by atoms with Crippen molar-refractivity contribution in [2.24, 2.45) is 0 Å². The number of fused-ring (bicyclic) bond motifs is 1. The Kier molecular flexibility index (Phi) is 6.23. The lowest BCUT2D eigenvalue weighted by Gasteiger charge is -2.36. The number of benzene rings is 2. The summed E-state index contributed by atoms with van der Waals surface area (Å²) in [6, 6.07) is 16.1. The molecule has 1 aliphatic heterocycles. The van der Waals surface area contributed by atoms with E-state index in [0.29, 0.717) is 24.8 Å². The number of hydrogen-bond acceptors (Lipinski definition) is 7. The van der Waals surface area contributed by atoms with Crippen molar-refractivity contribution in [1.29, 1.82) is 0 Å². The quantitative estimate of drug-likeness (QED) is 0.617. The lowest BCUT2D eigenvalue weighted by Crippen LogP contribution is -2.48. The Balaban J connectivity index is 1.37. The molecular weight excluding hydrogens is 398 g/mol. The van der Waals surface area contributed by atoms with Crippen molar-refractivity contribution >= 4 is 39.7 Å². The molecule has 1 aliphatic rings. The van der Waals surface area contributed by atoms with Gasteiger partial charge in [-0.3, -0.25) is 4.79 Å². The van der Waals surface area contributed by atoms with E-state index in [9.17, 15) is 4.79 Å². The maximum Gasteiger partial charge on any atom is 0.302 e. The van der Waals surface area contributed by atoms with Gasteiger partial charge in [0.15, 0.2) is 0 Å². The minimum Gasteiger partial charge on any atom is -0.478 e. The highest BCUT2D eigenvalue weighted by Crippen LogP contribution is 2.27. The van der Waals surface area contributed by atoms with Crippen LogP contribution in [0.2, 0.25) is 0 Å². The number of rotatable bonds is 5. The van der Waals surface area contributed by atoms with E-state index in [1.807, 2.05) is 29.2 Å². The van der Waals surface area contributed by atoms with Gasteiger partial charge in [0.25, 0.3) is 5.88 Å². The van der Waals surface area contributed by atoms with Gasteiger partial charge in [-0.05, 0) is 30.2 Å². The Morgan fingerprint density at radius 3 is 2.40 bits per heavy atom. The summed E-state index contributed by atoms with van der Waals surface area (Å²) < 4.78 is 8.36. The monoisotopic (exact) mass is 423 g/mol. The Hall–Kier alpha value is -3.00. The van der Waals surface area contributed by atoms with E-state index in [4.69, 9.17) is 4.74 Å². The van der Waals surface area contributed by atoms with E-state index in [-0.39, 0.29) is 5.24 Å². The van der Waals surface area contributed by atoms with Crippen LogP contribution < -0.4 is 14.4 Å². The third-order valence-electron chi connectivity index (χ3n) is 5.22. The number of nitrogens with one attached hydrogen (secondary N) is 1. The highest BCUT2D eigenvalue weighted by molar-refractivity contribution is 8.14. The first-order valence-corrected chi connectivity index (χ1v) is 10.9. The van der Waals surface area contributed by atoms with Crippen LogP contribution in [0.3, 0.4) is 0 Å². The summed E-state index contributed by atoms with van der Waals surface area (Å²) >= 11 is 1.01. The second-order valence-corrected chi connectivity index (χ2v) is 7.75. The number of aryl methyl sites for hydroxylation is 1. The van der Waals surface area contributed by atoms with E-state index in [2.05, 4.69) is 50.8 Å². The normalized spacial score (nSPS) is 14.1. The topological polar surface area (TPSA) is 70.6 Å². The fourth-order valence-electron chi connectivity index (χ4n) is 3.60.